The van der Waals surface area contributed by atoms with Crippen LogP contribution in [-0.4, -0.2) is 16.1 Å². The fourth-order valence-corrected chi connectivity index (χ4v) is 1.08. The zero-order chi connectivity index (χ0) is 9.52. The normalized spacial score (nSPS) is 10.8. The Morgan fingerprint density at radius 3 is 3.15 bits per heavy atom. The number of rotatable bonds is 5. The first-order valence-corrected chi connectivity index (χ1v) is 4.49. The second-order valence-electron chi connectivity index (χ2n) is 2.84. The molecule has 3 heteroatoms. The van der Waals surface area contributed by atoms with Crippen LogP contribution in [0.5, 0.6) is 0 Å². The second kappa shape index (κ2) is 5.30. The van der Waals surface area contributed by atoms with Crippen molar-refractivity contribution in [3.63, 3.8) is 0 Å². The summed E-state index contributed by atoms with van der Waals surface area (Å²) in [6.45, 7) is 3.06. The van der Waals surface area contributed by atoms with Crippen LogP contribution in [0.3, 0.4) is 0 Å². The number of hydrogen-bond acceptors (Lipinski definition) is 2. The van der Waals surface area contributed by atoms with E-state index in [1.807, 2.05) is 23.0 Å². The third kappa shape index (κ3) is 3.23. The van der Waals surface area contributed by atoms with Gasteiger partial charge in [0.15, 0.2) is 0 Å². The summed E-state index contributed by atoms with van der Waals surface area (Å²) >= 11 is 0. The number of hydrogen-bond donors (Lipinski definition) is 0. The lowest BCUT2D eigenvalue weighted by Gasteiger charge is -1.93. The predicted molar refractivity (Wildman–Crippen MR) is 52.2 cm³/mol. The summed E-state index contributed by atoms with van der Waals surface area (Å²) in [6.07, 6.45) is 9.96. The molecule has 0 aliphatic carbocycles. The van der Waals surface area contributed by atoms with E-state index in [4.69, 9.17) is 0 Å². The summed E-state index contributed by atoms with van der Waals surface area (Å²) in [4.78, 5) is 10.0. The molecule has 0 aliphatic heterocycles. The van der Waals surface area contributed by atoms with E-state index in [1.54, 1.807) is 6.20 Å². The Kier molecular flexibility index (Phi) is 3.96. The molecule has 0 saturated carbocycles. The number of nitrogens with zero attached hydrogens (tertiary/aromatic N) is 2. The molecule has 0 radical (unpaired) electrons. The van der Waals surface area contributed by atoms with Crippen molar-refractivity contribution in [2.45, 2.75) is 26.3 Å². The van der Waals surface area contributed by atoms with Crippen LogP contribution in [0.2, 0.25) is 0 Å². The van der Waals surface area contributed by atoms with Gasteiger partial charge in [-0.1, -0.05) is 19.1 Å². The zero-order valence-electron chi connectivity index (χ0n) is 7.81. The van der Waals surface area contributed by atoms with Crippen molar-refractivity contribution in [1.82, 2.24) is 9.78 Å². The minimum Gasteiger partial charge on any atom is -0.303 e. The Morgan fingerprint density at radius 1 is 1.62 bits per heavy atom. The van der Waals surface area contributed by atoms with Crippen molar-refractivity contribution in [3.05, 3.63) is 24.0 Å². The highest BCUT2D eigenvalue weighted by Gasteiger charge is 1.92. The third-order valence-corrected chi connectivity index (χ3v) is 1.65. The van der Waals surface area contributed by atoms with Gasteiger partial charge in [-0.3, -0.25) is 4.68 Å². The van der Waals surface area contributed by atoms with Gasteiger partial charge >= 0.3 is 0 Å². The molecule has 0 spiro atoms. The number of allylic oxidation sites excluding steroid dienone is 1. The third-order valence-electron chi connectivity index (χ3n) is 1.65. The average molecular weight is 178 g/mol. The standard InChI is InChI=1S/C10H14N2O/c1-2-6-12-9-10(8-11-12)5-3-4-7-13/h3,5,7-9H,2,4,6H2,1H3. The van der Waals surface area contributed by atoms with Crippen LogP contribution in [0.15, 0.2) is 18.5 Å². The van der Waals surface area contributed by atoms with Crippen molar-refractivity contribution in [2.24, 2.45) is 0 Å². The molecule has 1 aromatic rings. The van der Waals surface area contributed by atoms with E-state index in [1.165, 1.54) is 0 Å². The number of carbonyl (C=O) groups is 1. The molecule has 0 aromatic carbocycles. The van der Waals surface area contributed by atoms with Gasteiger partial charge in [0.2, 0.25) is 0 Å². The smallest absolute Gasteiger partial charge is 0.123 e. The lowest BCUT2D eigenvalue weighted by atomic mass is 10.3. The molecule has 0 atom stereocenters. The quantitative estimate of drug-likeness (QED) is 0.645. The minimum atomic E-state index is 0.471. The number of carbonyl (C=O) groups excluding carboxylic acids is 1. The molecule has 1 aromatic heterocycles. The highest BCUT2D eigenvalue weighted by molar-refractivity contribution is 5.57. The van der Waals surface area contributed by atoms with E-state index in [0.717, 1.165) is 24.8 Å². The lowest BCUT2D eigenvalue weighted by Crippen LogP contribution is -1.95. The van der Waals surface area contributed by atoms with Crippen molar-refractivity contribution in [3.8, 4) is 0 Å². The van der Waals surface area contributed by atoms with Gasteiger partial charge in [0.25, 0.3) is 0 Å². The van der Waals surface area contributed by atoms with Gasteiger partial charge in [0, 0.05) is 24.7 Å². The summed E-state index contributed by atoms with van der Waals surface area (Å²) in [6, 6.07) is 0. The first-order valence-electron chi connectivity index (χ1n) is 4.49. The maximum Gasteiger partial charge on any atom is 0.123 e. The van der Waals surface area contributed by atoms with E-state index in [-0.39, 0.29) is 0 Å². The Morgan fingerprint density at radius 2 is 2.46 bits per heavy atom. The second-order valence-corrected chi connectivity index (χ2v) is 2.84. The van der Waals surface area contributed by atoms with Crippen LogP contribution in [0, 0.1) is 0 Å². The number of aromatic nitrogens is 2. The van der Waals surface area contributed by atoms with Gasteiger partial charge in [-0.05, 0) is 6.42 Å². The largest absolute Gasteiger partial charge is 0.303 e. The molecule has 1 heterocycles. The Hall–Kier alpha value is -1.38. The molecule has 3 nitrogen and oxygen atoms in total. The SMILES string of the molecule is CCCn1cc(C=CCC=O)cn1. The summed E-state index contributed by atoms with van der Waals surface area (Å²) in [5, 5.41) is 4.16. The zero-order valence-corrected chi connectivity index (χ0v) is 7.81. The predicted octanol–water partition coefficient (Wildman–Crippen LogP) is 1.90. The highest BCUT2D eigenvalue weighted by atomic mass is 16.1. The van der Waals surface area contributed by atoms with Crippen LogP contribution >= 0.6 is 0 Å². The lowest BCUT2D eigenvalue weighted by molar-refractivity contribution is -0.107. The fraction of sp³-hybridized carbons (Fsp3) is 0.400. The van der Waals surface area contributed by atoms with E-state index < -0.39 is 0 Å². The van der Waals surface area contributed by atoms with Gasteiger partial charge < -0.3 is 4.79 Å². The van der Waals surface area contributed by atoms with Gasteiger partial charge in [0.1, 0.15) is 6.29 Å². The van der Waals surface area contributed by atoms with Crippen LogP contribution in [0.4, 0.5) is 0 Å². The van der Waals surface area contributed by atoms with Crippen molar-refractivity contribution in [1.29, 1.82) is 0 Å². The van der Waals surface area contributed by atoms with Crippen LogP contribution < -0.4 is 0 Å². The maximum absolute atomic E-state index is 10.0. The first kappa shape index (κ1) is 9.71. The topological polar surface area (TPSA) is 34.9 Å². The number of aryl methyl sites for hydroxylation is 1. The van der Waals surface area contributed by atoms with Crippen LogP contribution in [0.1, 0.15) is 25.3 Å². The summed E-state index contributed by atoms with van der Waals surface area (Å²) < 4.78 is 1.90. The summed E-state index contributed by atoms with van der Waals surface area (Å²) in [5.41, 5.74) is 1.05. The summed E-state index contributed by atoms with van der Waals surface area (Å²) in [5.74, 6) is 0. The minimum absolute atomic E-state index is 0.471. The van der Waals surface area contributed by atoms with Gasteiger partial charge in [-0.25, -0.2) is 0 Å². The van der Waals surface area contributed by atoms with Gasteiger partial charge in [-0.2, -0.15) is 5.10 Å². The van der Waals surface area contributed by atoms with E-state index >= 15 is 0 Å². The van der Waals surface area contributed by atoms with Crippen molar-refractivity contribution >= 4 is 12.4 Å². The van der Waals surface area contributed by atoms with E-state index in [9.17, 15) is 4.79 Å². The molecular formula is C10H14N2O. The van der Waals surface area contributed by atoms with Crippen LogP contribution in [0.25, 0.3) is 6.08 Å². The first-order chi connectivity index (χ1) is 6.36. The molecule has 13 heavy (non-hydrogen) atoms. The van der Waals surface area contributed by atoms with Crippen LogP contribution in [-0.2, 0) is 11.3 Å². The molecular weight excluding hydrogens is 164 g/mol. The molecule has 0 aliphatic rings. The van der Waals surface area contributed by atoms with Crippen molar-refractivity contribution < 1.29 is 4.79 Å². The molecule has 0 amide bonds. The monoisotopic (exact) mass is 178 g/mol. The Balaban J connectivity index is 2.52. The Bertz CT molecular complexity index is 289. The van der Waals surface area contributed by atoms with Gasteiger partial charge in [0.05, 0.1) is 6.20 Å². The number of aldehydes is 1. The molecule has 0 bridgehead atoms. The molecule has 0 fully saturated rings. The average Bonchev–Trinajstić information content (AvgIpc) is 2.54. The Labute approximate surface area is 78.1 Å². The van der Waals surface area contributed by atoms with Crippen molar-refractivity contribution in [2.75, 3.05) is 0 Å². The molecule has 0 unspecified atom stereocenters. The van der Waals surface area contributed by atoms with E-state index in [0.29, 0.717) is 6.42 Å². The highest BCUT2D eigenvalue weighted by Crippen LogP contribution is 2.01. The van der Waals surface area contributed by atoms with E-state index in [2.05, 4.69) is 12.0 Å². The molecule has 1 rings (SSSR count). The molecule has 0 saturated heterocycles. The molecule has 70 valence electrons. The van der Waals surface area contributed by atoms with Gasteiger partial charge in [-0.15, -0.1) is 0 Å². The fourth-order valence-electron chi connectivity index (χ4n) is 1.08. The maximum atomic E-state index is 10.0. The molecule has 0 N–H and O–H groups in total. The summed E-state index contributed by atoms with van der Waals surface area (Å²) in [7, 11) is 0.